The van der Waals surface area contributed by atoms with Crippen molar-refractivity contribution >= 4 is 17.3 Å². The maximum absolute atomic E-state index is 12.1. The van der Waals surface area contributed by atoms with Gasteiger partial charge in [-0.25, -0.2) is 0 Å². The summed E-state index contributed by atoms with van der Waals surface area (Å²) in [5, 5.41) is 7.36. The van der Waals surface area contributed by atoms with Gasteiger partial charge in [-0.3, -0.25) is 4.79 Å². The fourth-order valence-corrected chi connectivity index (χ4v) is 2.92. The van der Waals surface area contributed by atoms with Crippen LogP contribution in [0.15, 0.2) is 28.8 Å². The monoisotopic (exact) mass is 328 g/mol. The Morgan fingerprint density at radius 3 is 3.04 bits per heavy atom. The molecule has 0 aliphatic carbocycles. The van der Waals surface area contributed by atoms with Crippen LogP contribution in [0.2, 0.25) is 0 Å². The van der Waals surface area contributed by atoms with Crippen LogP contribution in [0.3, 0.4) is 0 Å². The summed E-state index contributed by atoms with van der Waals surface area (Å²) in [4.78, 5) is 18.4. The molecule has 128 valence electrons. The molecule has 0 saturated carbocycles. The van der Waals surface area contributed by atoms with Gasteiger partial charge in [0.15, 0.2) is 5.82 Å². The third-order valence-electron chi connectivity index (χ3n) is 4.19. The van der Waals surface area contributed by atoms with Crippen LogP contribution in [0.1, 0.15) is 57.3 Å². The molecule has 1 aliphatic rings. The normalized spacial score (nSPS) is 16.2. The molecule has 0 unspecified atom stereocenters. The van der Waals surface area contributed by atoms with Crippen LogP contribution in [0.25, 0.3) is 0 Å². The summed E-state index contributed by atoms with van der Waals surface area (Å²) < 4.78 is 5.33. The summed E-state index contributed by atoms with van der Waals surface area (Å²) >= 11 is 0. The Labute approximate surface area is 142 Å². The number of carbonyl (C=O) groups is 1. The largest absolute Gasteiger partial charge is 0.374 e. The average Bonchev–Trinajstić information content (AvgIpc) is 3.05. The van der Waals surface area contributed by atoms with E-state index in [2.05, 4.69) is 22.4 Å². The lowest BCUT2D eigenvalue weighted by atomic mass is 10.1. The van der Waals surface area contributed by atoms with Crippen molar-refractivity contribution in [3.63, 3.8) is 0 Å². The second kappa shape index (κ2) is 7.47. The summed E-state index contributed by atoms with van der Waals surface area (Å²) in [6.07, 6.45) is 4.50. The van der Waals surface area contributed by atoms with Crippen molar-refractivity contribution in [3.8, 4) is 0 Å². The molecule has 1 aliphatic heterocycles. The van der Waals surface area contributed by atoms with Crippen LogP contribution in [-0.2, 0) is 11.2 Å². The van der Waals surface area contributed by atoms with Crippen molar-refractivity contribution in [2.45, 2.75) is 52.0 Å². The Morgan fingerprint density at radius 2 is 2.25 bits per heavy atom. The molecule has 2 aromatic rings. The maximum Gasteiger partial charge on any atom is 0.248 e. The predicted molar refractivity (Wildman–Crippen MR) is 93.0 cm³/mol. The number of amides is 1. The van der Waals surface area contributed by atoms with Gasteiger partial charge in [0.1, 0.15) is 6.04 Å². The minimum Gasteiger partial charge on any atom is -0.374 e. The molecule has 1 N–H and O–H groups in total. The van der Waals surface area contributed by atoms with E-state index in [4.69, 9.17) is 4.52 Å². The van der Waals surface area contributed by atoms with Gasteiger partial charge < -0.3 is 14.7 Å². The highest BCUT2D eigenvalue weighted by atomic mass is 16.5. The van der Waals surface area contributed by atoms with Gasteiger partial charge in [-0.2, -0.15) is 4.98 Å². The number of carbonyl (C=O) groups excluding carboxylic acids is 1. The van der Waals surface area contributed by atoms with Crippen molar-refractivity contribution < 1.29 is 9.32 Å². The maximum atomic E-state index is 12.1. The van der Waals surface area contributed by atoms with E-state index in [1.807, 2.05) is 36.1 Å². The minimum absolute atomic E-state index is 0.0876. The average molecular weight is 328 g/mol. The molecular weight excluding hydrogens is 304 g/mol. The first-order chi connectivity index (χ1) is 11.7. The number of aromatic nitrogens is 2. The number of aryl methyl sites for hydroxylation is 1. The van der Waals surface area contributed by atoms with Gasteiger partial charge in [0, 0.05) is 30.8 Å². The van der Waals surface area contributed by atoms with E-state index in [1.54, 1.807) is 0 Å². The van der Waals surface area contributed by atoms with Crippen LogP contribution in [0.5, 0.6) is 0 Å². The molecular formula is C18H24N4O2. The topological polar surface area (TPSA) is 71.3 Å². The first kappa shape index (κ1) is 16.5. The fourth-order valence-electron chi connectivity index (χ4n) is 2.92. The van der Waals surface area contributed by atoms with Crippen molar-refractivity contribution in [2.75, 3.05) is 16.8 Å². The number of nitrogens with one attached hydrogen (secondary N) is 1. The molecule has 1 aromatic carbocycles. The number of hydrogen-bond acceptors (Lipinski definition) is 5. The second-order valence-electron chi connectivity index (χ2n) is 6.22. The van der Waals surface area contributed by atoms with Crippen LogP contribution >= 0.6 is 0 Å². The molecule has 6 nitrogen and oxygen atoms in total. The molecule has 1 aromatic heterocycles. The molecule has 0 radical (unpaired) electrons. The molecule has 24 heavy (non-hydrogen) atoms. The van der Waals surface area contributed by atoms with Gasteiger partial charge in [-0.15, -0.1) is 0 Å². The molecule has 1 atom stereocenters. The van der Waals surface area contributed by atoms with Crippen molar-refractivity contribution in [3.05, 3.63) is 36.0 Å². The Balaban J connectivity index is 1.70. The predicted octanol–water partition coefficient (Wildman–Crippen LogP) is 3.71. The highest BCUT2D eigenvalue weighted by molar-refractivity contribution is 5.94. The number of nitrogens with zero attached hydrogens (tertiary/aromatic N) is 3. The van der Waals surface area contributed by atoms with E-state index in [-0.39, 0.29) is 11.9 Å². The molecule has 2 heterocycles. The first-order valence-corrected chi connectivity index (χ1v) is 8.67. The van der Waals surface area contributed by atoms with Crippen molar-refractivity contribution in [2.24, 2.45) is 0 Å². The smallest absolute Gasteiger partial charge is 0.248 e. The third-order valence-corrected chi connectivity index (χ3v) is 4.19. The quantitative estimate of drug-likeness (QED) is 0.875. The first-order valence-electron chi connectivity index (χ1n) is 8.67. The lowest BCUT2D eigenvalue weighted by molar-refractivity contribution is -0.119. The summed E-state index contributed by atoms with van der Waals surface area (Å²) in [6.45, 7) is 4.87. The van der Waals surface area contributed by atoms with E-state index in [0.717, 1.165) is 49.4 Å². The van der Waals surface area contributed by atoms with E-state index < -0.39 is 0 Å². The van der Waals surface area contributed by atoms with Gasteiger partial charge in [0.25, 0.3) is 0 Å². The highest BCUT2D eigenvalue weighted by Gasteiger charge is 2.20. The standard InChI is InChI=1S/C18H24N4O2/c1-3-7-16-20-18(24-21-16)13(2)19-14-8-6-9-15(12-14)22-11-5-4-10-17(22)23/h6,8-9,12-13,19H,3-5,7,10-11H2,1-2H3/t13-/m1/s1. The van der Waals surface area contributed by atoms with Gasteiger partial charge in [0.05, 0.1) is 0 Å². The van der Waals surface area contributed by atoms with Crippen LogP contribution in [-0.4, -0.2) is 22.6 Å². The third kappa shape index (κ3) is 3.75. The van der Waals surface area contributed by atoms with Gasteiger partial charge in [-0.1, -0.05) is 18.1 Å². The molecule has 1 amide bonds. The zero-order valence-electron chi connectivity index (χ0n) is 14.3. The molecule has 1 saturated heterocycles. The zero-order chi connectivity index (χ0) is 16.9. The Hall–Kier alpha value is -2.37. The van der Waals surface area contributed by atoms with Gasteiger partial charge >= 0.3 is 0 Å². The van der Waals surface area contributed by atoms with Crippen molar-refractivity contribution in [1.29, 1.82) is 0 Å². The Kier molecular flexibility index (Phi) is 5.13. The Bertz CT molecular complexity index is 698. The number of piperidine rings is 1. The lowest BCUT2D eigenvalue weighted by Crippen LogP contribution is -2.35. The summed E-state index contributed by atoms with van der Waals surface area (Å²) in [6, 6.07) is 7.84. The number of anilines is 2. The number of hydrogen-bond donors (Lipinski definition) is 1. The molecule has 0 spiro atoms. The van der Waals surface area contributed by atoms with Crippen LogP contribution < -0.4 is 10.2 Å². The second-order valence-corrected chi connectivity index (χ2v) is 6.22. The molecule has 1 fully saturated rings. The van der Waals surface area contributed by atoms with Gasteiger partial charge in [0.2, 0.25) is 11.8 Å². The highest BCUT2D eigenvalue weighted by Crippen LogP contribution is 2.26. The fraction of sp³-hybridized carbons (Fsp3) is 0.500. The van der Waals surface area contributed by atoms with Gasteiger partial charge in [-0.05, 0) is 44.4 Å². The lowest BCUT2D eigenvalue weighted by Gasteiger charge is -2.27. The summed E-state index contributed by atoms with van der Waals surface area (Å²) in [5.41, 5.74) is 1.88. The van der Waals surface area contributed by atoms with Crippen LogP contribution in [0.4, 0.5) is 11.4 Å². The molecule has 3 rings (SSSR count). The zero-order valence-corrected chi connectivity index (χ0v) is 14.3. The van der Waals surface area contributed by atoms with E-state index in [1.165, 1.54) is 0 Å². The number of rotatable bonds is 6. The Morgan fingerprint density at radius 1 is 1.38 bits per heavy atom. The number of benzene rings is 1. The summed E-state index contributed by atoms with van der Waals surface area (Å²) in [5.74, 6) is 1.53. The van der Waals surface area contributed by atoms with E-state index >= 15 is 0 Å². The molecule has 6 heteroatoms. The van der Waals surface area contributed by atoms with Crippen molar-refractivity contribution in [1.82, 2.24) is 10.1 Å². The van der Waals surface area contributed by atoms with E-state index in [9.17, 15) is 4.79 Å². The minimum atomic E-state index is -0.0876. The SMILES string of the molecule is CCCc1noc([C@@H](C)Nc2cccc(N3CCCCC3=O)c2)n1. The van der Waals surface area contributed by atoms with Crippen LogP contribution in [0, 0.1) is 0 Å². The van der Waals surface area contributed by atoms with E-state index in [0.29, 0.717) is 12.3 Å². The molecule has 0 bridgehead atoms. The summed E-state index contributed by atoms with van der Waals surface area (Å²) in [7, 11) is 0.